The molecule has 0 spiro atoms. The molecule has 2 amide bonds. The standard InChI is InChI=1S/C24H23ClN2O5/c1-15(23(28)27-20-14-16(25)8-13-22(20)31-3)32-18-11-9-17(10-12-18)26-24(29)19-6-4-5-7-21(19)30-2/h4-15H,1-3H3,(H,26,29)(H,27,28)/t15-/m1/s1. The lowest BCUT2D eigenvalue weighted by molar-refractivity contribution is -0.122. The predicted molar refractivity (Wildman–Crippen MR) is 124 cm³/mol. The summed E-state index contributed by atoms with van der Waals surface area (Å²) in [6, 6.07) is 18.6. The van der Waals surface area contributed by atoms with Gasteiger partial charge in [-0.1, -0.05) is 23.7 Å². The second kappa shape index (κ2) is 10.5. The van der Waals surface area contributed by atoms with Crippen molar-refractivity contribution in [3.63, 3.8) is 0 Å². The summed E-state index contributed by atoms with van der Waals surface area (Å²) in [6.45, 7) is 1.63. The molecule has 7 nitrogen and oxygen atoms in total. The lowest BCUT2D eigenvalue weighted by atomic mass is 10.2. The van der Waals surface area contributed by atoms with E-state index < -0.39 is 6.10 Å². The number of ether oxygens (including phenoxy) is 3. The third kappa shape index (κ3) is 5.70. The number of benzene rings is 3. The smallest absolute Gasteiger partial charge is 0.265 e. The van der Waals surface area contributed by atoms with Crippen molar-refractivity contribution in [2.45, 2.75) is 13.0 Å². The average molecular weight is 455 g/mol. The second-order valence-corrected chi connectivity index (χ2v) is 7.21. The minimum Gasteiger partial charge on any atom is -0.496 e. The van der Waals surface area contributed by atoms with Gasteiger partial charge >= 0.3 is 0 Å². The van der Waals surface area contributed by atoms with E-state index in [0.29, 0.717) is 39.2 Å². The molecule has 3 aromatic rings. The molecule has 0 aliphatic heterocycles. The first-order valence-corrected chi connectivity index (χ1v) is 10.1. The maximum absolute atomic E-state index is 12.5. The van der Waals surface area contributed by atoms with Crippen LogP contribution in [-0.4, -0.2) is 32.1 Å². The third-order valence-corrected chi connectivity index (χ3v) is 4.80. The van der Waals surface area contributed by atoms with E-state index in [0.717, 1.165) is 0 Å². The van der Waals surface area contributed by atoms with Gasteiger partial charge in [0.25, 0.3) is 11.8 Å². The number of rotatable bonds is 8. The van der Waals surface area contributed by atoms with Gasteiger partial charge in [0.15, 0.2) is 6.10 Å². The van der Waals surface area contributed by atoms with Gasteiger partial charge in [-0.25, -0.2) is 0 Å². The summed E-state index contributed by atoms with van der Waals surface area (Å²) in [4.78, 5) is 25.0. The van der Waals surface area contributed by atoms with Gasteiger partial charge in [-0.3, -0.25) is 9.59 Å². The van der Waals surface area contributed by atoms with Crippen LogP contribution in [0.3, 0.4) is 0 Å². The average Bonchev–Trinajstić information content (AvgIpc) is 2.80. The summed E-state index contributed by atoms with van der Waals surface area (Å²) < 4.78 is 16.2. The highest BCUT2D eigenvalue weighted by Gasteiger charge is 2.17. The number of hydrogen-bond donors (Lipinski definition) is 2. The molecule has 0 unspecified atom stereocenters. The number of amides is 2. The molecule has 3 rings (SSSR count). The first-order chi connectivity index (χ1) is 15.4. The first-order valence-electron chi connectivity index (χ1n) is 9.76. The minimum absolute atomic E-state index is 0.292. The Hall–Kier alpha value is -3.71. The van der Waals surface area contributed by atoms with Gasteiger partial charge in [-0.05, 0) is 61.5 Å². The summed E-state index contributed by atoms with van der Waals surface area (Å²) >= 11 is 6.00. The van der Waals surface area contributed by atoms with Crippen molar-refractivity contribution in [1.82, 2.24) is 0 Å². The van der Waals surface area contributed by atoms with Crippen molar-refractivity contribution >= 4 is 34.8 Å². The van der Waals surface area contributed by atoms with Crippen molar-refractivity contribution in [3.05, 3.63) is 77.3 Å². The van der Waals surface area contributed by atoms with Crippen molar-refractivity contribution in [2.75, 3.05) is 24.9 Å². The number of halogens is 1. The van der Waals surface area contributed by atoms with Crippen LogP contribution in [0, 0.1) is 0 Å². The second-order valence-electron chi connectivity index (χ2n) is 6.77. The molecule has 0 radical (unpaired) electrons. The maximum Gasteiger partial charge on any atom is 0.265 e. The zero-order chi connectivity index (χ0) is 23.1. The van der Waals surface area contributed by atoms with Crippen LogP contribution in [-0.2, 0) is 4.79 Å². The van der Waals surface area contributed by atoms with E-state index in [2.05, 4.69) is 10.6 Å². The van der Waals surface area contributed by atoms with Crippen LogP contribution in [0.1, 0.15) is 17.3 Å². The van der Waals surface area contributed by atoms with Gasteiger partial charge in [-0.2, -0.15) is 0 Å². The normalized spacial score (nSPS) is 11.2. The van der Waals surface area contributed by atoms with Crippen LogP contribution in [0.15, 0.2) is 66.7 Å². The molecule has 0 saturated heterocycles. The summed E-state index contributed by atoms with van der Waals surface area (Å²) in [5.41, 5.74) is 1.46. The molecule has 0 heterocycles. The Labute approximate surface area is 191 Å². The predicted octanol–water partition coefficient (Wildman–Crippen LogP) is 5.02. The molecule has 1 atom stereocenters. The Morgan fingerprint density at radius 1 is 0.875 bits per heavy atom. The van der Waals surface area contributed by atoms with Gasteiger partial charge in [0.05, 0.1) is 25.5 Å². The van der Waals surface area contributed by atoms with Crippen LogP contribution in [0.4, 0.5) is 11.4 Å². The van der Waals surface area contributed by atoms with E-state index in [4.69, 9.17) is 25.8 Å². The number of anilines is 2. The van der Waals surface area contributed by atoms with E-state index >= 15 is 0 Å². The Balaban J connectivity index is 1.61. The van der Waals surface area contributed by atoms with Crippen LogP contribution < -0.4 is 24.8 Å². The molecule has 0 bridgehead atoms. The molecular weight excluding hydrogens is 432 g/mol. The van der Waals surface area contributed by atoms with Crippen LogP contribution >= 0.6 is 11.6 Å². The lowest BCUT2D eigenvalue weighted by Crippen LogP contribution is -2.30. The molecule has 0 saturated carbocycles. The fourth-order valence-corrected chi connectivity index (χ4v) is 3.09. The van der Waals surface area contributed by atoms with Crippen molar-refractivity contribution in [3.8, 4) is 17.2 Å². The fourth-order valence-electron chi connectivity index (χ4n) is 2.92. The quantitative estimate of drug-likeness (QED) is 0.499. The van der Waals surface area contributed by atoms with E-state index in [-0.39, 0.29) is 11.8 Å². The molecule has 2 N–H and O–H groups in total. The monoisotopic (exact) mass is 454 g/mol. The lowest BCUT2D eigenvalue weighted by Gasteiger charge is -2.16. The Kier molecular flexibility index (Phi) is 7.57. The molecule has 8 heteroatoms. The van der Waals surface area contributed by atoms with Gasteiger partial charge in [0.2, 0.25) is 0 Å². The van der Waals surface area contributed by atoms with Crippen LogP contribution in [0.2, 0.25) is 5.02 Å². The number of carbonyl (C=O) groups excluding carboxylic acids is 2. The van der Waals surface area contributed by atoms with Crippen molar-refractivity contribution < 1.29 is 23.8 Å². The van der Waals surface area contributed by atoms with E-state index in [9.17, 15) is 9.59 Å². The van der Waals surface area contributed by atoms with Gasteiger partial charge < -0.3 is 24.8 Å². The van der Waals surface area contributed by atoms with Gasteiger partial charge in [-0.15, -0.1) is 0 Å². The summed E-state index contributed by atoms with van der Waals surface area (Å²) in [5.74, 6) is 0.797. The Bertz CT molecular complexity index is 1100. The number of methoxy groups -OCH3 is 2. The molecular formula is C24H23ClN2O5. The number of hydrogen-bond acceptors (Lipinski definition) is 5. The topological polar surface area (TPSA) is 85.9 Å². The highest BCUT2D eigenvalue weighted by atomic mass is 35.5. The Morgan fingerprint density at radius 2 is 1.56 bits per heavy atom. The zero-order valence-corrected chi connectivity index (χ0v) is 18.6. The zero-order valence-electron chi connectivity index (χ0n) is 17.8. The highest BCUT2D eigenvalue weighted by Crippen LogP contribution is 2.28. The highest BCUT2D eigenvalue weighted by molar-refractivity contribution is 6.31. The number of para-hydroxylation sites is 1. The molecule has 0 aliphatic carbocycles. The fraction of sp³-hybridized carbons (Fsp3) is 0.167. The van der Waals surface area contributed by atoms with Gasteiger partial charge in [0, 0.05) is 10.7 Å². The molecule has 166 valence electrons. The van der Waals surface area contributed by atoms with Crippen molar-refractivity contribution in [2.24, 2.45) is 0 Å². The first kappa shape index (κ1) is 23.0. The summed E-state index contributed by atoms with van der Waals surface area (Å²) in [6.07, 6.45) is -0.785. The molecule has 0 fully saturated rings. The molecule has 0 aliphatic rings. The van der Waals surface area contributed by atoms with Crippen LogP contribution in [0.5, 0.6) is 17.2 Å². The van der Waals surface area contributed by atoms with Gasteiger partial charge in [0.1, 0.15) is 17.2 Å². The maximum atomic E-state index is 12.5. The third-order valence-electron chi connectivity index (χ3n) is 4.57. The largest absolute Gasteiger partial charge is 0.496 e. The van der Waals surface area contributed by atoms with Crippen molar-refractivity contribution in [1.29, 1.82) is 0 Å². The molecule has 0 aromatic heterocycles. The van der Waals surface area contributed by atoms with Crippen LogP contribution in [0.25, 0.3) is 0 Å². The van der Waals surface area contributed by atoms with E-state index in [1.54, 1.807) is 73.7 Å². The number of carbonyl (C=O) groups is 2. The molecule has 32 heavy (non-hydrogen) atoms. The Morgan fingerprint density at radius 3 is 2.25 bits per heavy atom. The summed E-state index contributed by atoms with van der Waals surface area (Å²) in [5, 5.41) is 6.03. The molecule has 3 aromatic carbocycles. The van der Waals surface area contributed by atoms with E-state index in [1.165, 1.54) is 14.2 Å². The van der Waals surface area contributed by atoms with E-state index in [1.807, 2.05) is 0 Å². The summed E-state index contributed by atoms with van der Waals surface area (Å²) in [7, 11) is 3.02. The minimum atomic E-state index is -0.785. The number of nitrogens with one attached hydrogen (secondary N) is 2. The SMILES string of the molecule is COc1ccc(Cl)cc1NC(=O)[C@@H](C)Oc1ccc(NC(=O)c2ccccc2OC)cc1.